The molecule has 0 spiro atoms. The van der Waals surface area contributed by atoms with Crippen LogP contribution in [0.2, 0.25) is 0 Å². The molecule has 7 nitrogen and oxygen atoms in total. The largest absolute Gasteiger partial charge is 0.483 e. The lowest BCUT2D eigenvalue weighted by atomic mass is 10.0. The second-order valence-corrected chi connectivity index (χ2v) is 6.48. The van der Waals surface area contributed by atoms with Crippen molar-refractivity contribution < 1.29 is 14.6 Å². The summed E-state index contributed by atoms with van der Waals surface area (Å²) in [6, 6.07) is 10.5. The summed E-state index contributed by atoms with van der Waals surface area (Å²) in [6.45, 7) is 6.83. The lowest BCUT2D eigenvalue weighted by Gasteiger charge is -2.39. The van der Waals surface area contributed by atoms with Crippen LogP contribution in [0.25, 0.3) is 0 Å². The van der Waals surface area contributed by atoms with Crippen LogP contribution in [-0.2, 0) is 23.1 Å². The molecular weight excluding hydrogens is 320 g/mol. The fourth-order valence-electron chi connectivity index (χ4n) is 2.86. The van der Waals surface area contributed by atoms with Gasteiger partial charge >= 0.3 is 0 Å². The van der Waals surface area contributed by atoms with E-state index in [1.54, 1.807) is 6.33 Å². The van der Waals surface area contributed by atoms with Crippen LogP contribution in [0.4, 0.5) is 0 Å². The summed E-state index contributed by atoms with van der Waals surface area (Å²) in [4.78, 5) is 10.8. The van der Waals surface area contributed by atoms with Gasteiger partial charge in [0.05, 0.1) is 18.8 Å². The first kappa shape index (κ1) is 19.1. The van der Waals surface area contributed by atoms with Crippen molar-refractivity contribution in [2.24, 2.45) is 13.0 Å². The Kier molecular flexibility index (Phi) is 7.09. The number of benzene rings is 1. The molecule has 0 bridgehead atoms. The zero-order valence-corrected chi connectivity index (χ0v) is 14.9. The van der Waals surface area contributed by atoms with E-state index in [9.17, 15) is 0 Å². The first-order valence-corrected chi connectivity index (χ1v) is 8.38. The highest BCUT2D eigenvalue weighted by atomic mass is 16.5. The number of hydrogen-bond donors (Lipinski definition) is 1. The van der Waals surface area contributed by atoms with Gasteiger partial charge in [-0.15, -0.1) is 10.2 Å². The number of aromatic nitrogens is 3. The number of carbonyl (C=O) groups is 1. The Morgan fingerprint density at radius 1 is 1.32 bits per heavy atom. The van der Waals surface area contributed by atoms with E-state index >= 15 is 0 Å². The summed E-state index contributed by atoms with van der Waals surface area (Å²) in [5.74, 6) is 1.49. The van der Waals surface area contributed by atoms with Gasteiger partial charge < -0.3 is 14.4 Å². The van der Waals surface area contributed by atoms with Crippen LogP contribution in [-0.4, -0.2) is 50.4 Å². The Labute approximate surface area is 148 Å². The molecule has 1 aliphatic heterocycles. The van der Waals surface area contributed by atoms with Gasteiger partial charge in [-0.25, -0.2) is 0 Å². The maximum absolute atomic E-state index is 8.36. The third-order valence-electron chi connectivity index (χ3n) is 4.29. The highest BCUT2D eigenvalue weighted by Crippen LogP contribution is 2.28. The van der Waals surface area contributed by atoms with Gasteiger partial charge in [0.2, 0.25) is 0 Å². The predicted octanol–water partition coefficient (Wildman–Crippen LogP) is 2.11. The average molecular weight is 346 g/mol. The van der Waals surface area contributed by atoms with Crippen LogP contribution in [0.3, 0.4) is 0 Å². The topological polar surface area (TPSA) is 80.5 Å². The van der Waals surface area contributed by atoms with Gasteiger partial charge in [-0.2, -0.15) is 0 Å². The molecule has 2 atom stereocenters. The standard InChI is InChI=1S/C17H24N4O.CH2O2/c1-13(2)15-9-21(11-17-19-18-12-20(17)3)10-16(22-15)14-7-5-4-6-8-14;2-1-3/h4-8,12-13,15-16H,9-11H2,1-3H3;1H,(H,2,3)/t15-,16+;/m1./s1. The van der Waals surface area contributed by atoms with E-state index in [1.807, 2.05) is 17.7 Å². The second-order valence-electron chi connectivity index (χ2n) is 6.48. The van der Waals surface area contributed by atoms with E-state index < -0.39 is 0 Å². The van der Waals surface area contributed by atoms with E-state index in [0.29, 0.717) is 5.92 Å². The molecule has 0 unspecified atom stereocenters. The van der Waals surface area contributed by atoms with Gasteiger partial charge in [-0.1, -0.05) is 44.2 Å². The molecule has 0 saturated carbocycles. The zero-order chi connectivity index (χ0) is 18.2. The molecule has 1 aliphatic rings. The maximum atomic E-state index is 8.36. The number of nitrogens with zero attached hydrogens (tertiary/aromatic N) is 4. The van der Waals surface area contributed by atoms with E-state index in [2.05, 4.69) is 53.2 Å². The highest BCUT2D eigenvalue weighted by Gasteiger charge is 2.31. The highest BCUT2D eigenvalue weighted by molar-refractivity contribution is 5.32. The second kappa shape index (κ2) is 9.29. The molecule has 1 aromatic heterocycles. The smallest absolute Gasteiger partial charge is 0.290 e. The van der Waals surface area contributed by atoms with Crippen LogP contribution in [0.1, 0.15) is 31.3 Å². The van der Waals surface area contributed by atoms with Gasteiger partial charge in [0, 0.05) is 20.1 Å². The minimum atomic E-state index is -0.250. The van der Waals surface area contributed by atoms with Crippen LogP contribution in [0, 0.1) is 5.92 Å². The molecule has 136 valence electrons. The van der Waals surface area contributed by atoms with Crippen LogP contribution >= 0.6 is 0 Å². The molecule has 0 amide bonds. The SMILES string of the molecule is CC(C)[C@H]1CN(Cc2nncn2C)C[C@@H](c2ccccc2)O1.O=CO. The van der Waals surface area contributed by atoms with Gasteiger partial charge in [-0.3, -0.25) is 9.69 Å². The quantitative estimate of drug-likeness (QED) is 0.854. The van der Waals surface area contributed by atoms with Crippen molar-refractivity contribution in [3.8, 4) is 0 Å². The summed E-state index contributed by atoms with van der Waals surface area (Å²) >= 11 is 0. The monoisotopic (exact) mass is 346 g/mol. The normalized spacial score (nSPS) is 20.8. The third-order valence-corrected chi connectivity index (χ3v) is 4.29. The van der Waals surface area contributed by atoms with Gasteiger partial charge in [0.1, 0.15) is 12.2 Å². The molecule has 7 heteroatoms. The van der Waals surface area contributed by atoms with Crippen molar-refractivity contribution >= 4 is 6.47 Å². The zero-order valence-electron chi connectivity index (χ0n) is 14.9. The van der Waals surface area contributed by atoms with Gasteiger partial charge in [-0.05, 0) is 11.5 Å². The minimum Gasteiger partial charge on any atom is -0.483 e. The molecule has 2 heterocycles. The van der Waals surface area contributed by atoms with E-state index in [1.165, 1.54) is 5.56 Å². The third kappa shape index (κ3) is 5.37. The van der Waals surface area contributed by atoms with Crippen molar-refractivity contribution in [2.75, 3.05) is 13.1 Å². The molecule has 25 heavy (non-hydrogen) atoms. The Bertz CT molecular complexity index is 645. The van der Waals surface area contributed by atoms with E-state index in [0.717, 1.165) is 25.5 Å². The molecule has 0 radical (unpaired) electrons. The lowest BCUT2D eigenvalue weighted by Crippen LogP contribution is -2.45. The molecule has 3 rings (SSSR count). The fraction of sp³-hybridized carbons (Fsp3) is 0.500. The van der Waals surface area contributed by atoms with Crippen molar-refractivity contribution in [1.29, 1.82) is 0 Å². The lowest BCUT2D eigenvalue weighted by molar-refractivity contribution is -0.122. The maximum Gasteiger partial charge on any atom is 0.290 e. The Hall–Kier alpha value is -2.25. The van der Waals surface area contributed by atoms with Crippen LogP contribution < -0.4 is 0 Å². The molecule has 1 fully saturated rings. The molecule has 2 aromatic rings. The van der Waals surface area contributed by atoms with Crippen molar-refractivity contribution in [1.82, 2.24) is 19.7 Å². The summed E-state index contributed by atoms with van der Waals surface area (Å²) in [5.41, 5.74) is 1.25. The minimum absolute atomic E-state index is 0.121. The summed E-state index contributed by atoms with van der Waals surface area (Å²) in [7, 11) is 1.99. The summed E-state index contributed by atoms with van der Waals surface area (Å²) < 4.78 is 8.31. The van der Waals surface area contributed by atoms with Crippen molar-refractivity contribution in [3.05, 3.63) is 48.0 Å². The Morgan fingerprint density at radius 2 is 2.00 bits per heavy atom. The number of rotatable bonds is 4. The van der Waals surface area contributed by atoms with Crippen molar-refractivity contribution in [3.63, 3.8) is 0 Å². The predicted molar refractivity (Wildman–Crippen MR) is 93.9 cm³/mol. The first-order valence-electron chi connectivity index (χ1n) is 8.38. The number of morpholine rings is 1. The number of ether oxygens (including phenoxy) is 1. The summed E-state index contributed by atoms with van der Waals surface area (Å²) in [5, 5.41) is 15.1. The van der Waals surface area contributed by atoms with Gasteiger partial charge in [0.15, 0.2) is 0 Å². The van der Waals surface area contributed by atoms with Crippen LogP contribution in [0.5, 0.6) is 0 Å². The number of carboxylic acid groups (broad SMARTS) is 1. The van der Waals surface area contributed by atoms with Gasteiger partial charge in [0.25, 0.3) is 6.47 Å². The molecule has 1 aromatic carbocycles. The van der Waals surface area contributed by atoms with Crippen molar-refractivity contribution in [2.45, 2.75) is 32.6 Å². The number of hydrogen-bond acceptors (Lipinski definition) is 5. The fourth-order valence-corrected chi connectivity index (χ4v) is 2.86. The average Bonchev–Trinajstić information content (AvgIpc) is 3.01. The van der Waals surface area contributed by atoms with Crippen LogP contribution in [0.15, 0.2) is 36.7 Å². The molecule has 0 aliphatic carbocycles. The Balaban J connectivity index is 0.000000701. The van der Waals surface area contributed by atoms with E-state index in [4.69, 9.17) is 14.6 Å². The summed E-state index contributed by atoms with van der Waals surface area (Å²) in [6.07, 6.45) is 2.12. The molecular formula is C18H26N4O3. The molecule has 1 N–H and O–H groups in total. The van der Waals surface area contributed by atoms with E-state index in [-0.39, 0.29) is 18.7 Å². The Morgan fingerprint density at radius 3 is 2.56 bits per heavy atom. The first-order chi connectivity index (χ1) is 12.0. The molecule has 1 saturated heterocycles. The number of aryl methyl sites for hydroxylation is 1.